The Morgan fingerprint density at radius 1 is 1.21 bits per heavy atom. The molecular formula is C19H23N5O3S. The number of aromatic nitrogens is 3. The lowest BCUT2D eigenvalue weighted by Crippen LogP contribution is -2.48. The van der Waals surface area contributed by atoms with Gasteiger partial charge >= 0.3 is 0 Å². The molecule has 1 aliphatic heterocycles. The molecule has 2 atom stereocenters. The molecule has 3 heterocycles. The smallest absolute Gasteiger partial charge is 0.212 e. The molecule has 0 saturated carbocycles. The maximum Gasteiger partial charge on any atom is 0.212 e. The van der Waals surface area contributed by atoms with E-state index in [0.717, 1.165) is 0 Å². The predicted molar refractivity (Wildman–Crippen MR) is 107 cm³/mol. The number of H-pyrrole nitrogens is 1. The summed E-state index contributed by atoms with van der Waals surface area (Å²) < 4.78 is 32.2. The number of nitrogens with zero attached hydrogens (tertiary/aromatic N) is 3. The van der Waals surface area contributed by atoms with Gasteiger partial charge in [-0.15, -0.1) is 0 Å². The summed E-state index contributed by atoms with van der Waals surface area (Å²) in [5, 5.41) is 0. The molecule has 1 aliphatic rings. The van der Waals surface area contributed by atoms with Crippen LogP contribution in [-0.4, -0.2) is 48.7 Å². The van der Waals surface area contributed by atoms with Crippen LogP contribution in [0.5, 0.6) is 0 Å². The molecule has 1 fully saturated rings. The maximum atomic E-state index is 13.3. The number of rotatable bonds is 3. The minimum atomic E-state index is -3.83. The first kappa shape index (κ1) is 18.7. The molecule has 0 radical (unpaired) electrons. The van der Waals surface area contributed by atoms with Crippen molar-refractivity contribution in [3.8, 4) is 0 Å². The summed E-state index contributed by atoms with van der Waals surface area (Å²) in [7, 11) is -3.83. The molecule has 148 valence electrons. The van der Waals surface area contributed by atoms with Crippen molar-refractivity contribution in [1.29, 1.82) is 0 Å². The summed E-state index contributed by atoms with van der Waals surface area (Å²) in [5.41, 5.74) is 6.98. The van der Waals surface area contributed by atoms with Gasteiger partial charge in [0.15, 0.2) is 5.82 Å². The number of ether oxygens (including phenoxy) is 1. The Labute approximate surface area is 163 Å². The van der Waals surface area contributed by atoms with Gasteiger partial charge in [-0.1, -0.05) is 18.2 Å². The average molecular weight is 401 g/mol. The Morgan fingerprint density at radius 2 is 1.93 bits per heavy atom. The normalized spacial score (nSPS) is 20.6. The average Bonchev–Trinajstić information content (AvgIpc) is 3.00. The fourth-order valence-electron chi connectivity index (χ4n) is 3.55. The van der Waals surface area contributed by atoms with E-state index in [1.54, 1.807) is 37.3 Å². The topological polar surface area (TPSA) is 114 Å². The van der Waals surface area contributed by atoms with Crippen LogP contribution in [-0.2, 0) is 14.6 Å². The molecule has 1 saturated heterocycles. The van der Waals surface area contributed by atoms with E-state index in [2.05, 4.69) is 19.9 Å². The molecule has 3 N–H and O–H groups in total. The lowest BCUT2D eigenvalue weighted by atomic mass is 10.2. The zero-order valence-corrected chi connectivity index (χ0v) is 16.8. The number of hydrogen-bond acceptors (Lipinski definition) is 7. The van der Waals surface area contributed by atoms with E-state index in [1.165, 1.54) is 0 Å². The van der Waals surface area contributed by atoms with E-state index in [-0.39, 0.29) is 27.8 Å². The lowest BCUT2D eigenvalue weighted by Gasteiger charge is -2.37. The van der Waals surface area contributed by atoms with Crippen LogP contribution < -0.4 is 10.6 Å². The summed E-state index contributed by atoms with van der Waals surface area (Å²) in [4.78, 5) is 14.3. The number of benzene rings is 1. The van der Waals surface area contributed by atoms with Crippen LogP contribution in [0.15, 0.2) is 40.1 Å². The second-order valence-electron chi connectivity index (χ2n) is 7.15. The fraction of sp³-hybridized carbons (Fsp3) is 0.368. The van der Waals surface area contributed by atoms with Crippen LogP contribution in [0.1, 0.15) is 19.7 Å². The third-order valence-corrected chi connectivity index (χ3v) is 6.77. The number of nitrogens with one attached hydrogen (secondary N) is 1. The number of hydrogen-bond donors (Lipinski definition) is 2. The van der Waals surface area contributed by atoms with Crippen molar-refractivity contribution < 1.29 is 13.2 Å². The van der Waals surface area contributed by atoms with Gasteiger partial charge in [-0.3, -0.25) is 0 Å². The molecule has 0 spiro atoms. The molecule has 0 amide bonds. The van der Waals surface area contributed by atoms with Crippen LogP contribution in [0.4, 0.5) is 11.6 Å². The van der Waals surface area contributed by atoms with Gasteiger partial charge in [0.25, 0.3) is 0 Å². The largest absolute Gasteiger partial charge is 0.384 e. The first-order valence-electron chi connectivity index (χ1n) is 9.13. The Morgan fingerprint density at radius 3 is 2.64 bits per heavy atom. The number of nitrogen functional groups attached to an aromatic ring is 1. The molecule has 1 aromatic carbocycles. The van der Waals surface area contributed by atoms with E-state index >= 15 is 0 Å². The van der Waals surface area contributed by atoms with Crippen molar-refractivity contribution in [1.82, 2.24) is 15.0 Å². The highest BCUT2D eigenvalue weighted by Gasteiger charge is 2.31. The summed E-state index contributed by atoms with van der Waals surface area (Å²) in [6, 6.07) is 8.32. The first-order valence-corrected chi connectivity index (χ1v) is 10.6. The zero-order chi connectivity index (χ0) is 20.1. The van der Waals surface area contributed by atoms with Crippen molar-refractivity contribution >= 4 is 32.5 Å². The molecule has 3 aromatic rings. The van der Waals surface area contributed by atoms with E-state index < -0.39 is 9.84 Å². The van der Waals surface area contributed by atoms with Gasteiger partial charge in [0, 0.05) is 6.54 Å². The van der Waals surface area contributed by atoms with Gasteiger partial charge in [0.2, 0.25) is 9.84 Å². The first-order chi connectivity index (χ1) is 13.3. The molecular weight excluding hydrogens is 378 g/mol. The van der Waals surface area contributed by atoms with E-state index in [4.69, 9.17) is 10.5 Å². The van der Waals surface area contributed by atoms with Crippen molar-refractivity contribution in [3.63, 3.8) is 0 Å². The lowest BCUT2D eigenvalue weighted by molar-refractivity contribution is 0.0341. The summed E-state index contributed by atoms with van der Waals surface area (Å²) >= 11 is 0. The van der Waals surface area contributed by atoms with E-state index in [1.807, 2.05) is 13.8 Å². The number of nitrogens with two attached hydrogens (primary N) is 1. The highest BCUT2D eigenvalue weighted by atomic mass is 32.2. The standard InChI is InChI=1S/C19H23N5O3S/c1-11-10-27-12(2)9-24(11)19-16-15(21-13(3)22-19)17(18(20)23-16)28(25,26)14-7-5-4-6-8-14/h4-8,11-12,23H,9-10,20H2,1-3H3/t11-,12-/m0/s1. The second-order valence-corrected chi connectivity index (χ2v) is 9.03. The van der Waals surface area contributed by atoms with Gasteiger partial charge in [-0.25, -0.2) is 18.4 Å². The molecule has 8 nitrogen and oxygen atoms in total. The number of anilines is 2. The van der Waals surface area contributed by atoms with E-state index in [0.29, 0.717) is 35.8 Å². The van der Waals surface area contributed by atoms with Gasteiger partial charge in [-0.2, -0.15) is 0 Å². The highest BCUT2D eigenvalue weighted by Crippen LogP contribution is 2.36. The molecule has 4 rings (SSSR count). The number of morpholine rings is 1. The molecule has 28 heavy (non-hydrogen) atoms. The van der Waals surface area contributed by atoms with Gasteiger partial charge in [0.1, 0.15) is 27.6 Å². The highest BCUT2D eigenvalue weighted by molar-refractivity contribution is 7.92. The Kier molecular flexibility index (Phi) is 4.51. The number of aryl methyl sites for hydroxylation is 1. The Hall–Kier alpha value is -2.65. The monoisotopic (exact) mass is 401 g/mol. The Bertz CT molecular complexity index is 1130. The molecule has 9 heteroatoms. The second kappa shape index (κ2) is 6.75. The SMILES string of the molecule is Cc1nc(N2C[C@H](C)OC[C@@H]2C)c2[nH]c(N)c(S(=O)(=O)c3ccccc3)c2n1. The van der Waals surface area contributed by atoms with Crippen LogP contribution in [0.2, 0.25) is 0 Å². The molecule has 0 bridgehead atoms. The summed E-state index contributed by atoms with van der Waals surface area (Å²) in [6.07, 6.45) is 0.0429. The van der Waals surface area contributed by atoms with Crippen molar-refractivity contribution in [3.05, 3.63) is 36.2 Å². The Balaban J connectivity index is 1.94. The number of sulfone groups is 1. The summed E-state index contributed by atoms with van der Waals surface area (Å²) in [6.45, 7) is 7.00. The third kappa shape index (κ3) is 3.00. The minimum absolute atomic E-state index is 0.00518. The fourth-order valence-corrected chi connectivity index (χ4v) is 5.05. The summed E-state index contributed by atoms with van der Waals surface area (Å²) in [5.74, 6) is 1.19. The van der Waals surface area contributed by atoms with Crippen molar-refractivity contribution in [2.24, 2.45) is 0 Å². The number of aromatic amines is 1. The zero-order valence-electron chi connectivity index (χ0n) is 16.0. The number of fused-ring (bicyclic) bond motifs is 1. The quantitative estimate of drug-likeness (QED) is 0.692. The molecule has 0 aliphatic carbocycles. The van der Waals surface area contributed by atoms with Crippen molar-refractivity contribution in [2.75, 3.05) is 23.8 Å². The third-order valence-electron chi connectivity index (χ3n) is 4.92. The van der Waals surface area contributed by atoms with Crippen LogP contribution in [0.25, 0.3) is 11.0 Å². The van der Waals surface area contributed by atoms with Crippen LogP contribution in [0, 0.1) is 6.92 Å². The van der Waals surface area contributed by atoms with Gasteiger partial charge in [-0.05, 0) is 32.9 Å². The van der Waals surface area contributed by atoms with Gasteiger partial charge in [0.05, 0.1) is 23.6 Å². The predicted octanol–water partition coefficient (Wildman–Crippen LogP) is 2.29. The van der Waals surface area contributed by atoms with Gasteiger partial charge < -0.3 is 20.4 Å². The maximum absolute atomic E-state index is 13.3. The van der Waals surface area contributed by atoms with E-state index in [9.17, 15) is 8.42 Å². The van der Waals surface area contributed by atoms with Crippen LogP contribution in [0.3, 0.4) is 0 Å². The van der Waals surface area contributed by atoms with Crippen LogP contribution >= 0.6 is 0 Å². The molecule has 0 unspecified atom stereocenters. The minimum Gasteiger partial charge on any atom is -0.384 e. The van der Waals surface area contributed by atoms with Crippen molar-refractivity contribution in [2.45, 2.75) is 42.7 Å². The molecule has 2 aromatic heterocycles.